The van der Waals surface area contributed by atoms with E-state index in [1.165, 1.54) is 0 Å². The molecule has 0 aliphatic carbocycles. The van der Waals surface area contributed by atoms with Crippen molar-refractivity contribution in [2.45, 2.75) is 59.1 Å². The lowest BCUT2D eigenvalue weighted by Gasteiger charge is -2.35. The third kappa shape index (κ3) is 7.89. The van der Waals surface area contributed by atoms with Gasteiger partial charge in [0.2, 0.25) is 0 Å². The van der Waals surface area contributed by atoms with Gasteiger partial charge in [-0.05, 0) is 54.0 Å². The third-order valence-electron chi connectivity index (χ3n) is 2.13. The standard InChI is InChI=1S/C12H29NO3Si/c1-6-14-17(15-7-2,11-9-8-10-13)16-12(3,4)5/h6-11,13H2,1-5H3. The summed E-state index contributed by atoms with van der Waals surface area (Å²) in [7, 11) is -2.52. The number of rotatable bonds is 9. The maximum absolute atomic E-state index is 6.11. The Morgan fingerprint density at radius 3 is 1.88 bits per heavy atom. The number of nitrogens with two attached hydrogens (primary N) is 1. The Morgan fingerprint density at radius 1 is 1.00 bits per heavy atom. The van der Waals surface area contributed by atoms with Gasteiger partial charge in [-0.2, -0.15) is 0 Å². The molecule has 104 valence electrons. The molecule has 0 unspecified atom stereocenters. The van der Waals surface area contributed by atoms with Gasteiger partial charge in [-0.15, -0.1) is 0 Å². The average Bonchev–Trinajstić information content (AvgIpc) is 2.16. The van der Waals surface area contributed by atoms with Crippen LogP contribution in [0.3, 0.4) is 0 Å². The van der Waals surface area contributed by atoms with E-state index in [4.69, 9.17) is 19.0 Å². The van der Waals surface area contributed by atoms with Crippen LogP contribution in [-0.4, -0.2) is 34.2 Å². The molecule has 4 nitrogen and oxygen atoms in total. The molecule has 0 radical (unpaired) electrons. The van der Waals surface area contributed by atoms with Gasteiger partial charge in [-0.25, -0.2) is 0 Å². The zero-order chi connectivity index (χ0) is 13.4. The van der Waals surface area contributed by atoms with Crippen molar-refractivity contribution in [3.05, 3.63) is 0 Å². The molecule has 0 aromatic carbocycles. The highest BCUT2D eigenvalue weighted by Crippen LogP contribution is 2.25. The van der Waals surface area contributed by atoms with Crippen LogP contribution in [0.2, 0.25) is 6.04 Å². The zero-order valence-electron chi connectivity index (χ0n) is 12.0. The normalized spacial score (nSPS) is 13.1. The Morgan fingerprint density at radius 2 is 1.53 bits per heavy atom. The van der Waals surface area contributed by atoms with Gasteiger partial charge in [0.25, 0.3) is 0 Å². The van der Waals surface area contributed by atoms with Gasteiger partial charge in [0, 0.05) is 19.3 Å². The van der Waals surface area contributed by atoms with Crippen molar-refractivity contribution < 1.29 is 13.3 Å². The highest BCUT2D eigenvalue weighted by molar-refractivity contribution is 6.60. The summed E-state index contributed by atoms with van der Waals surface area (Å²) >= 11 is 0. The smallest absolute Gasteiger partial charge is 0.374 e. The summed E-state index contributed by atoms with van der Waals surface area (Å²) in [4.78, 5) is 0. The zero-order valence-corrected chi connectivity index (χ0v) is 13.0. The van der Waals surface area contributed by atoms with E-state index in [0.717, 1.165) is 18.9 Å². The van der Waals surface area contributed by atoms with E-state index in [-0.39, 0.29) is 5.60 Å². The molecule has 0 atom stereocenters. The lowest BCUT2D eigenvalue weighted by molar-refractivity contribution is -0.000830. The first-order chi connectivity index (χ1) is 7.89. The largest absolute Gasteiger partial charge is 0.501 e. The predicted molar refractivity (Wildman–Crippen MR) is 72.9 cm³/mol. The lowest BCUT2D eigenvalue weighted by atomic mass is 10.2. The van der Waals surface area contributed by atoms with Gasteiger partial charge in [0.05, 0.1) is 5.60 Å². The minimum atomic E-state index is -2.52. The van der Waals surface area contributed by atoms with Gasteiger partial charge >= 0.3 is 8.80 Å². The second-order valence-corrected chi connectivity index (χ2v) is 7.66. The minimum Gasteiger partial charge on any atom is -0.374 e. The number of unbranched alkanes of at least 4 members (excludes halogenated alkanes) is 1. The van der Waals surface area contributed by atoms with Crippen LogP contribution >= 0.6 is 0 Å². The molecule has 0 heterocycles. The molecule has 0 aliphatic heterocycles. The molecule has 0 amide bonds. The fourth-order valence-electron chi connectivity index (χ4n) is 1.69. The molecule has 0 bridgehead atoms. The summed E-state index contributed by atoms with van der Waals surface area (Å²) < 4.78 is 17.8. The van der Waals surface area contributed by atoms with E-state index in [1.807, 2.05) is 34.6 Å². The fourth-order valence-corrected chi connectivity index (χ4v) is 4.78. The van der Waals surface area contributed by atoms with Crippen LogP contribution in [0.25, 0.3) is 0 Å². The van der Waals surface area contributed by atoms with E-state index >= 15 is 0 Å². The lowest BCUT2D eigenvalue weighted by Crippen LogP contribution is -2.50. The monoisotopic (exact) mass is 263 g/mol. The van der Waals surface area contributed by atoms with Crippen molar-refractivity contribution in [1.29, 1.82) is 0 Å². The predicted octanol–water partition coefficient (Wildman–Crippen LogP) is 2.55. The minimum absolute atomic E-state index is 0.237. The maximum atomic E-state index is 6.11. The topological polar surface area (TPSA) is 53.7 Å². The van der Waals surface area contributed by atoms with Crippen molar-refractivity contribution in [1.82, 2.24) is 0 Å². The van der Waals surface area contributed by atoms with Gasteiger partial charge in [-0.3, -0.25) is 0 Å². The van der Waals surface area contributed by atoms with E-state index in [1.54, 1.807) is 0 Å². The molecule has 0 fully saturated rings. The molecule has 0 rings (SSSR count). The molecule has 5 heteroatoms. The highest BCUT2D eigenvalue weighted by Gasteiger charge is 2.43. The van der Waals surface area contributed by atoms with E-state index in [2.05, 4.69) is 0 Å². The van der Waals surface area contributed by atoms with Gasteiger partial charge < -0.3 is 19.0 Å². The maximum Gasteiger partial charge on any atom is 0.501 e. The third-order valence-corrected chi connectivity index (χ3v) is 5.47. The van der Waals surface area contributed by atoms with Crippen LogP contribution in [-0.2, 0) is 13.3 Å². The Kier molecular flexibility index (Phi) is 8.24. The van der Waals surface area contributed by atoms with Gasteiger partial charge in [0.1, 0.15) is 0 Å². The molecule has 17 heavy (non-hydrogen) atoms. The summed E-state index contributed by atoms with van der Waals surface area (Å²) in [5.41, 5.74) is 5.29. The molecular formula is C12H29NO3Si. The van der Waals surface area contributed by atoms with Crippen LogP contribution in [0.4, 0.5) is 0 Å². The van der Waals surface area contributed by atoms with E-state index in [9.17, 15) is 0 Å². The first-order valence-electron chi connectivity index (χ1n) is 6.57. The van der Waals surface area contributed by atoms with E-state index < -0.39 is 8.80 Å². The second-order valence-electron chi connectivity index (χ2n) is 5.01. The molecule has 0 saturated heterocycles. The summed E-state index contributed by atoms with van der Waals surface area (Å²) in [5.74, 6) is 0. The summed E-state index contributed by atoms with van der Waals surface area (Å²) in [6, 6.07) is 0.850. The molecule has 0 aromatic rings. The summed E-state index contributed by atoms with van der Waals surface area (Å²) in [6.45, 7) is 12.0. The van der Waals surface area contributed by atoms with Gasteiger partial charge in [0.15, 0.2) is 0 Å². The summed E-state index contributed by atoms with van der Waals surface area (Å²) in [6.07, 6.45) is 1.99. The number of hydrogen-bond acceptors (Lipinski definition) is 4. The molecule has 0 spiro atoms. The molecular weight excluding hydrogens is 234 g/mol. The van der Waals surface area contributed by atoms with Crippen LogP contribution < -0.4 is 5.73 Å². The molecule has 0 aliphatic rings. The first kappa shape index (κ1) is 17.1. The van der Waals surface area contributed by atoms with Gasteiger partial charge in [-0.1, -0.05) is 0 Å². The average molecular weight is 263 g/mol. The number of hydrogen-bond donors (Lipinski definition) is 1. The molecule has 2 N–H and O–H groups in total. The quantitative estimate of drug-likeness (QED) is 0.513. The molecule has 0 aromatic heterocycles. The van der Waals surface area contributed by atoms with E-state index in [0.29, 0.717) is 19.8 Å². The van der Waals surface area contributed by atoms with Crippen LogP contribution in [0, 0.1) is 0 Å². The Bertz CT molecular complexity index is 189. The fraction of sp³-hybridized carbons (Fsp3) is 1.00. The Labute approximate surface area is 107 Å². The Balaban J connectivity index is 4.59. The highest BCUT2D eigenvalue weighted by atomic mass is 28.4. The second kappa shape index (κ2) is 8.21. The van der Waals surface area contributed by atoms with Crippen LogP contribution in [0.5, 0.6) is 0 Å². The first-order valence-corrected chi connectivity index (χ1v) is 8.50. The van der Waals surface area contributed by atoms with Crippen molar-refractivity contribution >= 4 is 8.80 Å². The molecule has 0 saturated carbocycles. The SMILES string of the molecule is CCO[Si](CCCCN)(OCC)OC(C)(C)C. The van der Waals surface area contributed by atoms with Crippen molar-refractivity contribution in [3.63, 3.8) is 0 Å². The van der Waals surface area contributed by atoms with Crippen molar-refractivity contribution in [2.24, 2.45) is 5.73 Å². The van der Waals surface area contributed by atoms with Crippen molar-refractivity contribution in [3.8, 4) is 0 Å². The summed E-state index contributed by atoms with van der Waals surface area (Å²) in [5, 5.41) is 0. The Hall–Kier alpha value is 0.0569. The van der Waals surface area contributed by atoms with Crippen molar-refractivity contribution in [2.75, 3.05) is 19.8 Å². The van der Waals surface area contributed by atoms with Crippen LogP contribution in [0.15, 0.2) is 0 Å². The van der Waals surface area contributed by atoms with Crippen LogP contribution in [0.1, 0.15) is 47.5 Å².